The molecule has 2 heterocycles. The van der Waals surface area contributed by atoms with E-state index in [1.165, 1.54) is 35.5 Å². The molecule has 15 nitrogen and oxygen atoms in total. The lowest BCUT2D eigenvalue weighted by Gasteiger charge is -2.31. The second kappa shape index (κ2) is 21.9. The maximum atomic E-state index is 14.1. The number of ether oxygens (including phenoxy) is 3. The van der Waals surface area contributed by atoms with Gasteiger partial charge in [-0.3, -0.25) is 14.4 Å². The predicted octanol–water partition coefficient (Wildman–Crippen LogP) is 4.14. The van der Waals surface area contributed by atoms with Crippen LogP contribution in [0.5, 0.6) is 5.75 Å². The molecule has 2 aliphatic rings. The van der Waals surface area contributed by atoms with E-state index in [1.807, 2.05) is 32.9 Å². The Bertz CT molecular complexity index is 1680. The number of rotatable bonds is 14. The van der Waals surface area contributed by atoms with Gasteiger partial charge in [-0.1, -0.05) is 32.9 Å². The van der Waals surface area contributed by atoms with Crippen LogP contribution in [0, 0.1) is 5.92 Å². The van der Waals surface area contributed by atoms with E-state index in [-0.39, 0.29) is 49.3 Å². The van der Waals surface area contributed by atoms with Crippen molar-refractivity contribution in [1.82, 2.24) is 20.3 Å². The lowest BCUT2D eigenvalue weighted by molar-refractivity contribution is -0.132. The minimum atomic E-state index is -4.15. The number of nitrogens with zero attached hydrogens (tertiary/aromatic N) is 1. The van der Waals surface area contributed by atoms with Crippen LogP contribution in [0.3, 0.4) is 0 Å². The van der Waals surface area contributed by atoms with Gasteiger partial charge in [0, 0.05) is 32.3 Å². The summed E-state index contributed by atoms with van der Waals surface area (Å²) in [6.07, 6.45) is 0.384. The molecule has 0 aliphatic carbocycles. The van der Waals surface area contributed by atoms with Crippen molar-refractivity contribution >= 4 is 39.5 Å². The molecule has 0 saturated carbocycles. The lowest BCUT2D eigenvalue weighted by Crippen LogP contribution is -2.59. The normalized spacial score (nSPS) is 19.4. The van der Waals surface area contributed by atoms with Crippen molar-refractivity contribution in [2.75, 3.05) is 38.2 Å². The molecule has 5 N–H and O–H groups in total. The van der Waals surface area contributed by atoms with Crippen molar-refractivity contribution in [3.8, 4) is 5.75 Å². The molecule has 56 heavy (non-hydrogen) atoms. The zero-order chi connectivity index (χ0) is 41.5. The molecule has 2 aromatic carbocycles. The topological polar surface area (TPSA) is 202 Å². The second-order valence-corrected chi connectivity index (χ2v) is 17.4. The smallest absolute Gasteiger partial charge is 0.408 e. The average Bonchev–Trinajstić information content (AvgIpc) is 3.11. The Labute approximate surface area is 331 Å². The third-order valence-electron chi connectivity index (χ3n) is 8.76. The Balaban J connectivity index is 1.98. The van der Waals surface area contributed by atoms with Crippen molar-refractivity contribution in [3.63, 3.8) is 0 Å². The van der Waals surface area contributed by atoms with Gasteiger partial charge in [0.2, 0.25) is 27.7 Å². The van der Waals surface area contributed by atoms with Gasteiger partial charge in [0.25, 0.3) is 0 Å². The SMILES string of the molecule is CCCOC[C@H]1NC(=O)[C@H](NC(=O)OC(C)(C)C)CCCCOc2ccc(cc2)C[C@@H]([C@H](O)CN(CCC(C)C)S(=O)(=O)c2ccc(NC(C)=O)cc2)NC1=O. The summed E-state index contributed by atoms with van der Waals surface area (Å²) in [7, 11) is -4.15. The van der Waals surface area contributed by atoms with Crippen LogP contribution >= 0.6 is 0 Å². The predicted molar refractivity (Wildman–Crippen MR) is 213 cm³/mol. The first kappa shape index (κ1) is 46.1. The summed E-state index contributed by atoms with van der Waals surface area (Å²) in [5.41, 5.74) is 0.359. The molecule has 0 fully saturated rings. The fraction of sp³-hybridized carbons (Fsp3) is 0.600. The van der Waals surface area contributed by atoms with Crippen LogP contribution in [0.25, 0.3) is 0 Å². The summed E-state index contributed by atoms with van der Waals surface area (Å²) in [5, 5.41) is 22.8. The first-order chi connectivity index (χ1) is 26.4. The van der Waals surface area contributed by atoms with Gasteiger partial charge in [-0.2, -0.15) is 4.31 Å². The fourth-order valence-corrected chi connectivity index (χ4v) is 7.29. The Morgan fingerprint density at radius 3 is 2.30 bits per heavy atom. The van der Waals surface area contributed by atoms with Crippen LogP contribution in [-0.2, 0) is 40.3 Å². The summed E-state index contributed by atoms with van der Waals surface area (Å²) in [6.45, 7) is 12.5. The van der Waals surface area contributed by atoms with E-state index in [1.54, 1.807) is 32.9 Å². The summed E-state index contributed by atoms with van der Waals surface area (Å²) < 4.78 is 46.4. The molecule has 2 aromatic rings. The van der Waals surface area contributed by atoms with Gasteiger partial charge in [0.1, 0.15) is 23.4 Å². The molecule has 4 rings (SSSR count). The van der Waals surface area contributed by atoms with Crippen molar-refractivity contribution in [2.24, 2.45) is 5.92 Å². The molecule has 312 valence electrons. The molecule has 16 heteroatoms. The third-order valence-corrected chi connectivity index (χ3v) is 10.6. The number of carbonyl (C=O) groups is 4. The van der Waals surface area contributed by atoms with Crippen molar-refractivity contribution in [3.05, 3.63) is 54.1 Å². The highest BCUT2D eigenvalue weighted by atomic mass is 32.2. The largest absolute Gasteiger partial charge is 0.494 e. The highest BCUT2D eigenvalue weighted by Gasteiger charge is 2.34. The van der Waals surface area contributed by atoms with Gasteiger partial charge in [-0.25, -0.2) is 13.2 Å². The number of aliphatic hydroxyl groups excluding tert-OH is 1. The highest BCUT2D eigenvalue weighted by molar-refractivity contribution is 7.89. The van der Waals surface area contributed by atoms with Crippen molar-refractivity contribution in [1.29, 1.82) is 0 Å². The summed E-state index contributed by atoms with van der Waals surface area (Å²) in [5.74, 6) is -0.846. The van der Waals surface area contributed by atoms with E-state index in [4.69, 9.17) is 14.2 Å². The average molecular weight is 804 g/mol. The van der Waals surface area contributed by atoms with Crippen LogP contribution in [-0.4, -0.2) is 104 Å². The summed E-state index contributed by atoms with van der Waals surface area (Å²) in [4.78, 5) is 52.1. The van der Waals surface area contributed by atoms with Gasteiger partial charge < -0.3 is 40.6 Å². The van der Waals surface area contributed by atoms with Crippen LogP contribution in [0.2, 0.25) is 0 Å². The molecular formula is C40H61N5O10S. The number of sulfonamides is 1. The molecule has 0 unspecified atom stereocenters. The van der Waals surface area contributed by atoms with Crippen LogP contribution in [0.1, 0.15) is 86.1 Å². The van der Waals surface area contributed by atoms with E-state index in [0.717, 1.165) is 5.56 Å². The number of aliphatic hydroxyl groups is 1. The molecule has 0 spiro atoms. The number of carbonyl (C=O) groups excluding carboxylic acids is 4. The van der Waals surface area contributed by atoms with E-state index in [9.17, 15) is 32.7 Å². The number of benzene rings is 2. The van der Waals surface area contributed by atoms with Gasteiger partial charge >= 0.3 is 6.09 Å². The Morgan fingerprint density at radius 2 is 1.70 bits per heavy atom. The van der Waals surface area contributed by atoms with Crippen LogP contribution in [0.15, 0.2) is 53.4 Å². The number of hydrogen-bond acceptors (Lipinski definition) is 10. The molecule has 0 aromatic heterocycles. The number of nitrogens with one attached hydrogen (secondary N) is 4. The lowest BCUT2D eigenvalue weighted by atomic mass is 10.00. The van der Waals surface area contributed by atoms with Crippen LogP contribution in [0.4, 0.5) is 10.5 Å². The third kappa shape index (κ3) is 15.7. The summed E-state index contributed by atoms with van der Waals surface area (Å²) >= 11 is 0. The van der Waals surface area contributed by atoms with Crippen molar-refractivity contribution < 1.29 is 46.9 Å². The first-order valence-corrected chi connectivity index (χ1v) is 20.8. The number of anilines is 1. The van der Waals surface area contributed by atoms with Crippen LogP contribution < -0.4 is 26.0 Å². The molecular weight excluding hydrogens is 743 g/mol. The number of fused-ring (bicyclic) bond motifs is 14. The van der Waals surface area contributed by atoms with E-state index in [0.29, 0.717) is 50.3 Å². The Hall–Kier alpha value is -4.25. The monoisotopic (exact) mass is 803 g/mol. The fourth-order valence-electron chi connectivity index (χ4n) is 5.81. The van der Waals surface area contributed by atoms with Gasteiger partial charge in [0.15, 0.2) is 0 Å². The number of amides is 4. The first-order valence-electron chi connectivity index (χ1n) is 19.3. The number of alkyl carbamates (subject to hydrolysis) is 1. The molecule has 4 atom stereocenters. The van der Waals surface area contributed by atoms with E-state index in [2.05, 4.69) is 21.3 Å². The van der Waals surface area contributed by atoms with E-state index >= 15 is 0 Å². The maximum Gasteiger partial charge on any atom is 0.408 e. The zero-order valence-corrected chi connectivity index (χ0v) is 34.6. The minimum absolute atomic E-state index is 0.0264. The zero-order valence-electron chi connectivity index (χ0n) is 33.8. The Morgan fingerprint density at radius 1 is 1.02 bits per heavy atom. The highest BCUT2D eigenvalue weighted by Crippen LogP contribution is 2.22. The Kier molecular flexibility index (Phi) is 18.0. The van der Waals surface area contributed by atoms with E-state index < -0.39 is 57.8 Å². The minimum Gasteiger partial charge on any atom is -0.494 e. The van der Waals surface area contributed by atoms with Gasteiger partial charge in [0.05, 0.1) is 30.3 Å². The standard InChI is InChI=1S/C40H61N5O10S/c1-8-22-53-26-35-38(49)42-34(36(47)25-45(21-20-27(2)3)56(51,52)32-18-14-30(15-19-32)41-28(4)46)24-29-12-16-31(17-13-29)54-23-10-9-11-33(37(48)43-35)44-39(50)55-40(5,6)7/h12-19,27,33-36,47H,8-11,20-26H2,1-7H3,(H,41,46)(H,42,49)(H,43,48)(H,44,50)/t33-,34+,35-,36-/m1/s1. The quantitative estimate of drug-likeness (QED) is 0.173. The van der Waals surface area contributed by atoms with Crippen molar-refractivity contribution in [2.45, 2.75) is 122 Å². The maximum absolute atomic E-state index is 14.1. The molecule has 0 saturated heterocycles. The second-order valence-electron chi connectivity index (χ2n) is 15.5. The molecule has 0 radical (unpaired) electrons. The molecule has 4 amide bonds. The van der Waals surface area contributed by atoms with Gasteiger partial charge in [-0.15, -0.1) is 0 Å². The van der Waals surface area contributed by atoms with Gasteiger partial charge in [-0.05, 0) is 107 Å². The molecule has 2 bridgehead atoms. The molecule has 2 aliphatic heterocycles. The number of hydrogen-bond donors (Lipinski definition) is 5. The summed E-state index contributed by atoms with van der Waals surface area (Å²) in [6, 6.07) is 9.66.